The summed E-state index contributed by atoms with van der Waals surface area (Å²) in [5, 5.41) is 0. The molecule has 1 heterocycles. The second-order valence-electron chi connectivity index (χ2n) is 5.97. The fourth-order valence-electron chi connectivity index (χ4n) is 3.85. The minimum absolute atomic E-state index is 0.842. The maximum absolute atomic E-state index is 5.88. The van der Waals surface area contributed by atoms with Crippen molar-refractivity contribution in [3.63, 3.8) is 0 Å². The van der Waals surface area contributed by atoms with Crippen molar-refractivity contribution in [2.45, 2.75) is 51.1 Å². The summed E-state index contributed by atoms with van der Waals surface area (Å²) in [5.41, 5.74) is 8.15. The maximum Gasteiger partial charge on any atom is 0.0317 e. The van der Waals surface area contributed by atoms with Crippen LogP contribution in [0.2, 0.25) is 0 Å². The summed E-state index contributed by atoms with van der Waals surface area (Å²) >= 11 is 0. The van der Waals surface area contributed by atoms with Crippen LogP contribution in [-0.4, -0.2) is 17.5 Å². The number of fused-ring (bicyclic) bond motifs is 1. The van der Waals surface area contributed by atoms with E-state index < -0.39 is 0 Å². The van der Waals surface area contributed by atoms with E-state index in [2.05, 4.69) is 23.1 Å². The van der Waals surface area contributed by atoms with E-state index in [9.17, 15) is 0 Å². The Bertz CT molecular complexity index is 400. The van der Waals surface area contributed by atoms with Crippen LogP contribution in [0.15, 0.2) is 24.3 Å². The fourth-order valence-corrected chi connectivity index (χ4v) is 3.85. The van der Waals surface area contributed by atoms with E-state index >= 15 is 0 Å². The molecule has 0 aromatic heterocycles. The lowest BCUT2D eigenvalue weighted by atomic mass is 9.78. The number of anilines is 1. The van der Waals surface area contributed by atoms with Gasteiger partial charge in [0.2, 0.25) is 0 Å². The summed E-state index contributed by atoms with van der Waals surface area (Å²) < 4.78 is 0. The van der Waals surface area contributed by atoms with Crippen LogP contribution in [0.3, 0.4) is 0 Å². The van der Waals surface area contributed by atoms with Crippen molar-refractivity contribution in [2.75, 3.05) is 12.3 Å². The van der Waals surface area contributed by atoms with Gasteiger partial charge in [-0.3, -0.25) is 4.90 Å². The zero-order valence-electron chi connectivity index (χ0n) is 11.1. The second kappa shape index (κ2) is 5.31. The molecule has 98 valence electrons. The molecular formula is C16H24N2. The van der Waals surface area contributed by atoms with Crippen LogP contribution in [0.1, 0.15) is 44.1 Å². The van der Waals surface area contributed by atoms with E-state index in [0.717, 1.165) is 24.2 Å². The molecule has 1 aliphatic carbocycles. The van der Waals surface area contributed by atoms with Gasteiger partial charge in [-0.05, 0) is 55.8 Å². The van der Waals surface area contributed by atoms with Crippen molar-refractivity contribution >= 4 is 5.69 Å². The Balaban J connectivity index is 1.71. The number of piperidine rings is 1. The van der Waals surface area contributed by atoms with Crippen molar-refractivity contribution in [2.24, 2.45) is 5.92 Å². The molecule has 2 atom stereocenters. The number of hydrogen-bond acceptors (Lipinski definition) is 2. The first kappa shape index (κ1) is 12.0. The second-order valence-corrected chi connectivity index (χ2v) is 5.97. The highest BCUT2D eigenvalue weighted by Gasteiger charge is 2.32. The summed E-state index contributed by atoms with van der Waals surface area (Å²) in [6.45, 7) is 2.36. The summed E-state index contributed by atoms with van der Waals surface area (Å²) in [7, 11) is 0. The number of hydrogen-bond donors (Lipinski definition) is 1. The predicted molar refractivity (Wildman–Crippen MR) is 76.2 cm³/mol. The van der Waals surface area contributed by atoms with E-state index in [1.807, 2.05) is 6.07 Å². The van der Waals surface area contributed by atoms with Gasteiger partial charge in [0.15, 0.2) is 0 Å². The van der Waals surface area contributed by atoms with Crippen molar-refractivity contribution in [1.29, 1.82) is 0 Å². The lowest BCUT2D eigenvalue weighted by molar-refractivity contribution is 0.0547. The smallest absolute Gasteiger partial charge is 0.0317 e. The van der Waals surface area contributed by atoms with Gasteiger partial charge in [0.05, 0.1) is 0 Å². The summed E-state index contributed by atoms with van der Waals surface area (Å²) in [6, 6.07) is 9.24. The first-order valence-electron chi connectivity index (χ1n) is 7.41. The largest absolute Gasteiger partial charge is 0.399 e. The number of nitrogens with zero attached hydrogens (tertiary/aromatic N) is 1. The lowest BCUT2D eigenvalue weighted by Crippen LogP contribution is -2.46. The van der Waals surface area contributed by atoms with E-state index in [1.165, 1.54) is 50.6 Å². The van der Waals surface area contributed by atoms with E-state index in [-0.39, 0.29) is 0 Å². The Morgan fingerprint density at radius 2 is 1.94 bits per heavy atom. The molecule has 2 N–H and O–H groups in total. The molecule has 18 heavy (non-hydrogen) atoms. The molecule has 1 aliphatic heterocycles. The number of likely N-dealkylation sites (tertiary alicyclic amines) is 1. The SMILES string of the molecule is Nc1cccc(CN2CCC[C@H]3CCCC[C@H]32)c1. The van der Waals surface area contributed by atoms with Crippen molar-refractivity contribution in [3.8, 4) is 0 Å². The maximum atomic E-state index is 5.88. The Labute approximate surface area is 110 Å². The molecule has 1 saturated heterocycles. The molecule has 0 unspecified atom stereocenters. The lowest BCUT2D eigenvalue weighted by Gasteiger charge is -2.44. The molecule has 1 saturated carbocycles. The predicted octanol–water partition coefficient (Wildman–Crippen LogP) is 3.42. The average molecular weight is 244 g/mol. The first-order chi connectivity index (χ1) is 8.83. The average Bonchev–Trinajstić information content (AvgIpc) is 2.39. The normalized spacial score (nSPS) is 28.9. The van der Waals surface area contributed by atoms with Crippen molar-refractivity contribution in [3.05, 3.63) is 29.8 Å². The number of nitrogen functional groups attached to an aromatic ring is 1. The Morgan fingerprint density at radius 3 is 2.83 bits per heavy atom. The zero-order chi connectivity index (χ0) is 12.4. The molecule has 2 heteroatoms. The highest BCUT2D eigenvalue weighted by Crippen LogP contribution is 2.35. The van der Waals surface area contributed by atoms with Gasteiger partial charge < -0.3 is 5.73 Å². The van der Waals surface area contributed by atoms with Gasteiger partial charge in [-0.25, -0.2) is 0 Å². The molecule has 0 amide bonds. The highest BCUT2D eigenvalue weighted by atomic mass is 15.2. The monoisotopic (exact) mass is 244 g/mol. The van der Waals surface area contributed by atoms with Crippen LogP contribution >= 0.6 is 0 Å². The van der Waals surface area contributed by atoms with Gasteiger partial charge >= 0.3 is 0 Å². The molecule has 0 radical (unpaired) electrons. The quantitative estimate of drug-likeness (QED) is 0.808. The topological polar surface area (TPSA) is 29.3 Å². The third-order valence-corrected chi connectivity index (χ3v) is 4.69. The van der Waals surface area contributed by atoms with E-state index in [1.54, 1.807) is 0 Å². The van der Waals surface area contributed by atoms with Gasteiger partial charge in [0.1, 0.15) is 0 Å². The van der Waals surface area contributed by atoms with Crippen molar-refractivity contribution < 1.29 is 0 Å². The minimum Gasteiger partial charge on any atom is -0.399 e. The molecule has 0 bridgehead atoms. The molecular weight excluding hydrogens is 220 g/mol. The number of nitrogens with two attached hydrogens (primary N) is 1. The number of rotatable bonds is 2. The standard InChI is InChI=1S/C16H24N2/c17-15-8-3-5-13(11-15)12-18-10-4-7-14-6-1-2-9-16(14)18/h3,5,8,11,14,16H,1-2,4,6-7,9-10,12,17H2/t14-,16-/m1/s1. The van der Waals surface area contributed by atoms with Crippen LogP contribution in [-0.2, 0) is 6.54 Å². The third-order valence-electron chi connectivity index (χ3n) is 4.69. The Hall–Kier alpha value is -1.02. The van der Waals surface area contributed by atoms with Gasteiger partial charge in [-0.2, -0.15) is 0 Å². The van der Waals surface area contributed by atoms with Crippen LogP contribution in [0.25, 0.3) is 0 Å². The Kier molecular flexibility index (Phi) is 3.55. The minimum atomic E-state index is 0.842. The molecule has 2 fully saturated rings. The van der Waals surface area contributed by atoms with Gasteiger partial charge in [0, 0.05) is 18.3 Å². The molecule has 0 spiro atoms. The van der Waals surface area contributed by atoms with E-state index in [0.29, 0.717) is 0 Å². The first-order valence-corrected chi connectivity index (χ1v) is 7.41. The van der Waals surface area contributed by atoms with Gasteiger partial charge in [-0.15, -0.1) is 0 Å². The van der Waals surface area contributed by atoms with Crippen LogP contribution < -0.4 is 5.73 Å². The third kappa shape index (κ3) is 2.54. The fraction of sp³-hybridized carbons (Fsp3) is 0.625. The molecule has 2 nitrogen and oxygen atoms in total. The van der Waals surface area contributed by atoms with Gasteiger partial charge in [-0.1, -0.05) is 25.0 Å². The molecule has 3 rings (SSSR count). The van der Waals surface area contributed by atoms with Gasteiger partial charge in [0.25, 0.3) is 0 Å². The van der Waals surface area contributed by atoms with Crippen molar-refractivity contribution in [1.82, 2.24) is 4.90 Å². The summed E-state index contributed by atoms with van der Waals surface area (Å²) in [5.74, 6) is 0.966. The Morgan fingerprint density at radius 1 is 1.11 bits per heavy atom. The molecule has 1 aromatic rings. The van der Waals surface area contributed by atoms with Crippen LogP contribution in [0.4, 0.5) is 5.69 Å². The zero-order valence-corrected chi connectivity index (χ0v) is 11.1. The highest BCUT2D eigenvalue weighted by molar-refractivity contribution is 5.40. The van der Waals surface area contributed by atoms with Crippen LogP contribution in [0.5, 0.6) is 0 Å². The van der Waals surface area contributed by atoms with E-state index in [4.69, 9.17) is 5.73 Å². The summed E-state index contributed by atoms with van der Waals surface area (Å²) in [6.07, 6.45) is 8.58. The summed E-state index contributed by atoms with van der Waals surface area (Å²) in [4.78, 5) is 2.71. The molecule has 1 aromatic carbocycles. The molecule has 2 aliphatic rings. The number of benzene rings is 1. The van der Waals surface area contributed by atoms with Crippen LogP contribution in [0, 0.1) is 5.92 Å².